The fourth-order valence-electron chi connectivity index (χ4n) is 1.82. The number of fused-ring (bicyclic) bond motifs is 1. The first-order valence-corrected chi connectivity index (χ1v) is 5.68. The Balaban J connectivity index is 2.81. The molecule has 2 heterocycles. The second-order valence-corrected chi connectivity index (χ2v) is 4.57. The molecule has 0 unspecified atom stereocenters. The standard InChI is InChI=1S/C11H12BClN2O2/c1-6(2)11-7-3-10(13)14-4-8(7)9(5-15-11)12(16)17/h3-6,16-17H,1-2H3. The molecule has 2 N–H and O–H groups in total. The lowest BCUT2D eigenvalue weighted by Gasteiger charge is -2.12. The maximum Gasteiger partial charge on any atom is 0.490 e. The Bertz CT molecular complexity index is 560. The molecule has 0 bridgehead atoms. The van der Waals surface area contributed by atoms with Gasteiger partial charge in [-0.2, -0.15) is 0 Å². The number of hydrogen-bond donors (Lipinski definition) is 2. The fraction of sp³-hybridized carbons (Fsp3) is 0.273. The van der Waals surface area contributed by atoms with E-state index < -0.39 is 7.12 Å². The van der Waals surface area contributed by atoms with Crippen molar-refractivity contribution in [3.8, 4) is 0 Å². The summed E-state index contributed by atoms with van der Waals surface area (Å²) in [5.41, 5.74) is 1.21. The molecule has 2 aromatic rings. The third kappa shape index (κ3) is 2.27. The van der Waals surface area contributed by atoms with Gasteiger partial charge in [-0.1, -0.05) is 25.4 Å². The van der Waals surface area contributed by atoms with Crippen molar-refractivity contribution >= 4 is 35.0 Å². The average molecular weight is 250 g/mol. The number of aromatic nitrogens is 2. The zero-order valence-corrected chi connectivity index (χ0v) is 10.3. The summed E-state index contributed by atoms with van der Waals surface area (Å²) < 4.78 is 0. The highest BCUT2D eigenvalue weighted by Gasteiger charge is 2.18. The van der Waals surface area contributed by atoms with Gasteiger partial charge >= 0.3 is 7.12 Å². The maximum atomic E-state index is 9.28. The molecular formula is C11H12BClN2O2. The molecule has 0 fully saturated rings. The predicted octanol–water partition coefficient (Wildman–Crippen LogP) is 1.09. The van der Waals surface area contributed by atoms with Gasteiger partial charge in [0, 0.05) is 28.6 Å². The summed E-state index contributed by atoms with van der Waals surface area (Å²) in [7, 11) is -1.56. The monoisotopic (exact) mass is 250 g/mol. The van der Waals surface area contributed by atoms with Crippen molar-refractivity contribution in [2.24, 2.45) is 0 Å². The maximum absolute atomic E-state index is 9.28. The van der Waals surface area contributed by atoms with Crippen molar-refractivity contribution in [2.75, 3.05) is 0 Å². The van der Waals surface area contributed by atoms with Crippen molar-refractivity contribution in [3.63, 3.8) is 0 Å². The predicted molar refractivity (Wildman–Crippen MR) is 68.5 cm³/mol. The zero-order chi connectivity index (χ0) is 12.6. The summed E-state index contributed by atoms with van der Waals surface area (Å²) >= 11 is 5.86. The first kappa shape index (κ1) is 12.3. The quantitative estimate of drug-likeness (QED) is 0.618. The molecule has 0 spiro atoms. The third-order valence-electron chi connectivity index (χ3n) is 2.63. The van der Waals surface area contributed by atoms with Gasteiger partial charge in [0.25, 0.3) is 0 Å². The van der Waals surface area contributed by atoms with Gasteiger partial charge in [0.1, 0.15) is 5.15 Å². The van der Waals surface area contributed by atoms with Crippen molar-refractivity contribution in [3.05, 3.63) is 29.3 Å². The Labute approximate surface area is 104 Å². The summed E-state index contributed by atoms with van der Waals surface area (Å²) in [6.45, 7) is 4.04. The molecule has 0 aliphatic heterocycles. The molecule has 88 valence electrons. The lowest BCUT2D eigenvalue weighted by Crippen LogP contribution is -2.31. The van der Waals surface area contributed by atoms with Crippen molar-refractivity contribution in [2.45, 2.75) is 19.8 Å². The van der Waals surface area contributed by atoms with Crippen LogP contribution in [0.3, 0.4) is 0 Å². The van der Waals surface area contributed by atoms with Gasteiger partial charge in [-0.05, 0) is 12.0 Å². The molecule has 0 saturated heterocycles. The van der Waals surface area contributed by atoms with Crippen LogP contribution in [-0.2, 0) is 0 Å². The van der Waals surface area contributed by atoms with Gasteiger partial charge < -0.3 is 10.0 Å². The van der Waals surface area contributed by atoms with E-state index in [2.05, 4.69) is 9.97 Å². The number of nitrogens with zero attached hydrogens (tertiary/aromatic N) is 2. The van der Waals surface area contributed by atoms with E-state index >= 15 is 0 Å². The summed E-state index contributed by atoms with van der Waals surface area (Å²) in [5.74, 6) is 0.223. The van der Waals surface area contributed by atoms with Gasteiger partial charge in [-0.3, -0.25) is 4.98 Å². The van der Waals surface area contributed by atoms with E-state index in [0.717, 1.165) is 11.1 Å². The van der Waals surface area contributed by atoms with E-state index in [1.807, 2.05) is 13.8 Å². The van der Waals surface area contributed by atoms with Gasteiger partial charge in [0.15, 0.2) is 0 Å². The molecule has 2 rings (SSSR count). The first-order chi connectivity index (χ1) is 8.00. The zero-order valence-electron chi connectivity index (χ0n) is 9.55. The molecule has 0 atom stereocenters. The minimum absolute atomic E-state index is 0.223. The van der Waals surface area contributed by atoms with Crippen LogP contribution in [0.4, 0.5) is 0 Å². The lowest BCUT2D eigenvalue weighted by atomic mass is 9.78. The number of hydrogen-bond acceptors (Lipinski definition) is 4. The van der Waals surface area contributed by atoms with Gasteiger partial charge in [0.05, 0.1) is 5.69 Å². The summed E-state index contributed by atoms with van der Waals surface area (Å²) in [6, 6.07) is 1.70. The van der Waals surface area contributed by atoms with Crippen molar-refractivity contribution < 1.29 is 10.0 Å². The highest BCUT2D eigenvalue weighted by atomic mass is 35.5. The van der Waals surface area contributed by atoms with Crippen LogP contribution in [0.25, 0.3) is 10.8 Å². The van der Waals surface area contributed by atoms with Gasteiger partial charge in [-0.25, -0.2) is 4.98 Å². The molecule has 17 heavy (non-hydrogen) atoms. The molecule has 0 aliphatic carbocycles. The highest BCUT2D eigenvalue weighted by Crippen LogP contribution is 2.23. The van der Waals surface area contributed by atoms with Crippen LogP contribution < -0.4 is 5.46 Å². The topological polar surface area (TPSA) is 66.2 Å². The molecule has 2 aromatic heterocycles. The lowest BCUT2D eigenvalue weighted by molar-refractivity contribution is 0.426. The molecule has 0 amide bonds. The van der Waals surface area contributed by atoms with Crippen LogP contribution in [0.5, 0.6) is 0 Å². The summed E-state index contributed by atoms with van der Waals surface area (Å²) in [5, 5.41) is 20.4. The van der Waals surface area contributed by atoms with Crippen LogP contribution >= 0.6 is 11.6 Å². The number of rotatable bonds is 2. The Morgan fingerprint density at radius 1 is 1.18 bits per heavy atom. The summed E-state index contributed by atoms with van der Waals surface area (Å²) in [6.07, 6.45) is 3.01. The van der Waals surface area contributed by atoms with E-state index in [-0.39, 0.29) is 5.92 Å². The fourth-order valence-corrected chi connectivity index (χ4v) is 1.97. The Morgan fingerprint density at radius 2 is 1.88 bits per heavy atom. The smallest absolute Gasteiger partial charge is 0.423 e. The third-order valence-corrected chi connectivity index (χ3v) is 2.83. The van der Waals surface area contributed by atoms with Gasteiger partial charge in [0.2, 0.25) is 0 Å². The second-order valence-electron chi connectivity index (χ2n) is 4.18. The Kier molecular flexibility index (Phi) is 3.33. The van der Waals surface area contributed by atoms with E-state index in [4.69, 9.17) is 11.6 Å². The highest BCUT2D eigenvalue weighted by molar-refractivity contribution is 6.61. The van der Waals surface area contributed by atoms with Crippen LogP contribution in [0.2, 0.25) is 5.15 Å². The molecule has 4 nitrogen and oxygen atoms in total. The van der Waals surface area contributed by atoms with Crippen LogP contribution in [0, 0.1) is 0 Å². The van der Waals surface area contributed by atoms with E-state index in [9.17, 15) is 10.0 Å². The Morgan fingerprint density at radius 3 is 2.47 bits per heavy atom. The van der Waals surface area contributed by atoms with Crippen molar-refractivity contribution in [1.82, 2.24) is 9.97 Å². The molecule has 0 aliphatic rings. The van der Waals surface area contributed by atoms with Crippen molar-refractivity contribution in [1.29, 1.82) is 0 Å². The van der Waals surface area contributed by atoms with E-state index in [1.54, 1.807) is 12.3 Å². The summed E-state index contributed by atoms with van der Waals surface area (Å²) in [4.78, 5) is 8.23. The van der Waals surface area contributed by atoms with E-state index in [0.29, 0.717) is 16.0 Å². The molecule has 0 aromatic carbocycles. The van der Waals surface area contributed by atoms with Crippen LogP contribution in [0.15, 0.2) is 18.5 Å². The number of halogens is 1. The van der Waals surface area contributed by atoms with E-state index in [1.165, 1.54) is 6.20 Å². The molecule has 0 radical (unpaired) electrons. The molecule has 6 heteroatoms. The average Bonchev–Trinajstić information content (AvgIpc) is 2.26. The first-order valence-electron chi connectivity index (χ1n) is 5.31. The van der Waals surface area contributed by atoms with Gasteiger partial charge in [-0.15, -0.1) is 0 Å². The Hall–Kier alpha value is -1.17. The second kappa shape index (κ2) is 4.60. The largest absolute Gasteiger partial charge is 0.490 e. The molecular weight excluding hydrogens is 238 g/mol. The normalized spacial score (nSPS) is 11.2. The minimum atomic E-state index is -1.56. The van der Waals surface area contributed by atoms with Crippen LogP contribution in [0.1, 0.15) is 25.5 Å². The van der Waals surface area contributed by atoms with Crippen LogP contribution in [-0.4, -0.2) is 27.1 Å². The minimum Gasteiger partial charge on any atom is -0.423 e. The SMILES string of the molecule is CC(C)c1ncc(B(O)O)c2cnc(Cl)cc12. The molecule has 0 saturated carbocycles. The number of pyridine rings is 2.